The molecule has 4 nitrogen and oxygen atoms in total. The number of hydrogen-bond donors (Lipinski definition) is 1. The molecule has 0 saturated heterocycles. The predicted octanol–water partition coefficient (Wildman–Crippen LogP) is 2.03. The molecule has 0 aliphatic carbocycles. The quantitative estimate of drug-likeness (QED) is 0.846. The standard InChI is InChI=1S/C13H12N4/c1-9(15)11-3-2-6-16-13(11)12-5-4-10(7-14)8-17-12/h2-6,8-9H,15H2,1H3. The van der Waals surface area contributed by atoms with E-state index in [9.17, 15) is 0 Å². The Balaban J connectivity index is 2.49. The summed E-state index contributed by atoms with van der Waals surface area (Å²) in [5.74, 6) is 0. The minimum Gasteiger partial charge on any atom is -0.324 e. The van der Waals surface area contributed by atoms with Crippen LogP contribution in [0, 0.1) is 11.3 Å². The van der Waals surface area contributed by atoms with E-state index in [2.05, 4.69) is 9.97 Å². The molecular weight excluding hydrogens is 212 g/mol. The monoisotopic (exact) mass is 224 g/mol. The van der Waals surface area contributed by atoms with Crippen LogP contribution >= 0.6 is 0 Å². The van der Waals surface area contributed by atoms with Gasteiger partial charge in [0.2, 0.25) is 0 Å². The number of hydrogen-bond acceptors (Lipinski definition) is 4. The van der Waals surface area contributed by atoms with Gasteiger partial charge in [-0.25, -0.2) is 0 Å². The van der Waals surface area contributed by atoms with E-state index >= 15 is 0 Å². The lowest BCUT2D eigenvalue weighted by Crippen LogP contribution is -2.08. The molecule has 2 rings (SSSR count). The Labute approximate surface area is 99.8 Å². The zero-order chi connectivity index (χ0) is 12.3. The highest BCUT2D eigenvalue weighted by molar-refractivity contribution is 5.59. The number of pyridine rings is 2. The first-order chi connectivity index (χ1) is 8.22. The van der Waals surface area contributed by atoms with E-state index < -0.39 is 0 Å². The van der Waals surface area contributed by atoms with Crippen LogP contribution in [0.3, 0.4) is 0 Å². The van der Waals surface area contributed by atoms with Gasteiger partial charge in [0.15, 0.2) is 0 Å². The molecule has 0 amide bonds. The number of nitrogens with two attached hydrogens (primary N) is 1. The van der Waals surface area contributed by atoms with Crippen molar-refractivity contribution in [2.75, 3.05) is 0 Å². The Bertz CT molecular complexity index is 552. The molecule has 4 heteroatoms. The van der Waals surface area contributed by atoms with Crippen molar-refractivity contribution < 1.29 is 0 Å². The summed E-state index contributed by atoms with van der Waals surface area (Å²) >= 11 is 0. The van der Waals surface area contributed by atoms with E-state index in [4.69, 9.17) is 11.0 Å². The van der Waals surface area contributed by atoms with Gasteiger partial charge in [0, 0.05) is 18.4 Å². The smallest absolute Gasteiger partial charge is 0.101 e. The molecule has 2 heterocycles. The second kappa shape index (κ2) is 4.73. The fourth-order valence-corrected chi connectivity index (χ4v) is 1.60. The third kappa shape index (κ3) is 2.30. The molecule has 0 fully saturated rings. The van der Waals surface area contributed by atoms with Crippen molar-refractivity contribution >= 4 is 0 Å². The van der Waals surface area contributed by atoms with Gasteiger partial charge in [-0.15, -0.1) is 0 Å². The maximum atomic E-state index is 8.72. The molecule has 0 aromatic carbocycles. The van der Waals surface area contributed by atoms with Gasteiger partial charge in [-0.05, 0) is 30.7 Å². The Kier molecular flexibility index (Phi) is 3.12. The van der Waals surface area contributed by atoms with Crippen LogP contribution in [0.4, 0.5) is 0 Å². The maximum Gasteiger partial charge on any atom is 0.101 e. The average molecular weight is 224 g/mol. The molecule has 2 aromatic rings. The molecule has 0 radical (unpaired) electrons. The lowest BCUT2D eigenvalue weighted by atomic mass is 10.0. The molecule has 0 spiro atoms. The summed E-state index contributed by atoms with van der Waals surface area (Å²) in [6.45, 7) is 1.91. The van der Waals surface area contributed by atoms with E-state index in [0.29, 0.717) is 5.56 Å². The van der Waals surface area contributed by atoms with E-state index in [1.54, 1.807) is 18.3 Å². The van der Waals surface area contributed by atoms with Gasteiger partial charge in [0.25, 0.3) is 0 Å². The Morgan fingerprint density at radius 2 is 2.12 bits per heavy atom. The molecule has 0 aliphatic rings. The Hall–Kier alpha value is -2.25. The first-order valence-corrected chi connectivity index (χ1v) is 5.29. The van der Waals surface area contributed by atoms with E-state index in [1.165, 1.54) is 6.20 Å². The van der Waals surface area contributed by atoms with Crippen LogP contribution in [0.15, 0.2) is 36.7 Å². The SMILES string of the molecule is CC(N)c1cccnc1-c1ccc(C#N)cn1. The van der Waals surface area contributed by atoms with Gasteiger partial charge in [-0.3, -0.25) is 9.97 Å². The molecule has 0 saturated carbocycles. The van der Waals surface area contributed by atoms with Gasteiger partial charge in [0.05, 0.1) is 17.0 Å². The molecule has 2 N–H and O–H groups in total. The fraction of sp³-hybridized carbons (Fsp3) is 0.154. The Morgan fingerprint density at radius 1 is 1.29 bits per heavy atom. The third-order valence-electron chi connectivity index (χ3n) is 2.46. The summed E-state index contributed by atoms with van der Waals surface area (Å²) in [4.78, 5) is 8.52. The van der Waals surface area contributed by atoms with Crippen LogP contribution in [-0.4, -0.2) is 9.97 Å². The molecule has 2 aromatic heterocycles. The van der Waals surface area contributed by atoms with Crippen molar-refractivity contribution in [2.45, 2.75) is 13.0 Å². The van der Waals surface area contributed by atoms with Crippen molar-refractivity contribution in [3.05, 3.63) is 47.8 Å². The van der Waals surface area contributed by atoms with Crippen LogP contribution in [0.1, 0.15) is 24.1 Å². The number of rotatable bonds is 2. The van der Waals surface area contributed by atoms with Crippen molar-refractivity contribution in [1.29, 1.82) is 5.26 Å². The first kappa shape index (κ1) is 11.2. The molecule has 0 bridgehead atoms. The van der Waals surface area contributed by atoms with Crippen molar-refractivity contribution in [2.24, 2.45) is 5.73 Å². The van der Waals surface area contributed by atoms with Gasteiger partial charge in [0.1, 0.15) is 6.07 Å². The average Bonchev–Trinajstić information content (AvgIpc) is 2.39. The lowest BCUT2D eigenvalue weighted by molar-refractivity contribution is 0.813. The van der Waals surface area contributed by atoms with E-state index in [-0.39, 0.29) is 6.04 Å². The van der Waals surface area contributed by atoms with Crippen molar-refractivity contribution in [3.63, 3.8) is 0 Å². The topological polar surface area (TPSA) is 75.6 Å². The van der Waals surface area contributed by atoms with E-state index in [1.807, 2.05) is 25.1 Å². The van der Waals surface area contributed by atoms with Crippen molar-refractivity contribution in [1.82, 2.24) is 9.97 Å². The van der Waals surface area contributed by atoms with Crippen LogP contribution in [-0.2, 0) is 0 Å². The largest absolute Gasteiger partial charge is 0.324 e. The van der Waals surface area contributed by atoms with Crippen LogP contribution < -0.4 is 5.73 Å². The zero-order valence-corrected chi connectivity index (χ0v) is 9.46. The van der Waals surface area contributed by atoms with E-state index in [0.717, 1.165) is 17.0 Å². The molecule has 1 atom stereocenters. The summed E-state index contributed by atoms with van der Waals surface area (Å²) in [5, 5.41) is 8.72. The second-order valence-corrected chi connectivity index (χ2v) is 3.77. The number of nitriles is 1. The second-order valence-electron chi connectivity index (χ2n) is 3.77. The first-order valence-electron chi connectivity index (χ1n) is 5.29. The van der Waals surface area contributed by atoms with Gasteiger partial charge in [-0.2, -0.15) is 5.26 Å². The van der Waals surface area contributed by atoms with Crippen LogP contribution in [0.2, 0.25) is 0 Å². The minimum atomic E-state index is -0.101. The van der Waals surface area contributed by atoms with Gasteiger partial charge >= 0.3 is 0 Å². The third-order valence-corrected chi connectivity index (χ3v) is 2.46. The summed E-state index contributed by atoms with van der Waals surface area (Å²) in [5.41, 5.74) is 8.87. The maximum absolute atomic E-state index is 8.72. The molecule has 1 unspecified atom stereocenters. The molecule has 84 valence electrons. The number of nitrogens with zero attached hydrogens (tertiary/aromatic N) is 3. The predicted molar refractivity (Wildman–Crippen MR) is 64.8 cm³/mol. The summed E-state index contributed by atoms with van der Waals surface area (Å²) in [7, 11) is 0. The van der Waals surface area contributed by atoms with Gasteiger partial charge in [-0.1, -0.05) is 6.07 Å². The fourth-order valence-electron chi connectivity index (χ4n) is 1.60. The molecule has 17 heavy (non-hydrogen) atoms. The molecular formula is C13H12N4. The molecule has 0 aliphatic heterocycles. The van der Waals surface area contributed by atoms with Crippen molar-refractivity contribution in [3.8, 4) is 17.5 Å². The Morgan fingerprint density at radius 3 is 2.71 bits per heavy atom. The minimum absolute atomic E-state index is 0.101. The van der Waals surface area contributed by atoms with Crippen LogP contribution in [0.5, 0.6) is 0 Å². The summed E-state index contributed by atoms with van der Waals surface area (Å²) in [6, 6.07) is 9.23. The highest BCUT2D eigenvalue weighted by atomic mass is 14.8. The summed E-state index contributed by atoms with van der Waals surface area (Å²) < 4.78 is 0. The normalized spacial score (nSPS) is 11.8. The highest BCUT2D eigenvalue weighted by Gasteiger charge is 2.10. The van der Waals surface area contributed by atoms with Crippen LogP contribution in [0.25, 0.3) is 11.4 Å². The summed E-state index contributed by atoms with van der Waals surface area (Å²) in [6.07, 6.45) is 3.25. The van der Waals surface area contributed by atoms with Gasteiger partial charge < -0.3 is 5.73 Å². The number of aromatic nitrogens is 2. The highest BCUT2D eigenvalue weighted by Crippen LogP contribution is 2.23. The lowest BCUT2D eigenvalue weighted by Gasteiger charge is -2.10. The zero-order valence-electron chi connectivity index (χ0n) is 9.46.